The number of aromatic nitrogens is 2. The molecule has 11 heteroatoms. The lowest BCUT2D eigenvalue weighted by molar-refractivity contribution is -0.123. The molecule has 170 valence electrons. The number of hydrogen-bond acceptors (Lipinski definition) is 6. The summed E-state index contributed by atoms with van der Waals surface area (Å²) in [5.41, 5.74) is 0.432. The molecular formula is C22H19Cl2N5O4. The first-order chi connectivity index (χ1) is 15.8. The van der Waals surface area contributed by atoms with E-state index in [1.165, 1.54) is 0 Å². The molecule has 2 heterocycles. The molecule has 0 fully saturated rings. The van der Waals surface area contributed by atoms with Crippen LogP contribution in [0.2, 0.25) is 10.0 Å². The molecule has 1 atom stereocenters. The predicted molar refractivity (Wildman–Crippen MR) is 127 cm³/mol. The molecule has 3 aromatic rings. The summed E-state index contributed by atoms with van der Waals surface area (Å²) in [6, 6.07) is 11.7. The second kappa shape index (κ2) is 9.51. The van der Waals surface area contributed by atoms with Gasteiger partial charge in [-0.15, -0.1) is 0 Å². The van der Waals surface area contributed by atoms with Crippen LogP contribution in [0.5, 0.6) is 5.75 Å². The molecule has 0 saturated carbocycles. The quantitative estimate of drug-likeness (QED) is 0.411. The first-order valence-electron chi connectivity index (χ1n) is 10.0. The summed E-state index contributed by atoms with van der Waals surface area (Å²) in [5.74, 6) is -1.44. The molecule has 1 aliphatic heterocycles. The van der Waals surface area contributed by atoms with Crippen molar-refractivity contribution in [3.63, 3.8) is 0 Å². The summed E-state index contributed by atoms with van der Waals surface area (Å²) in [6.07, 6.45) is -0.197. The maximum atomic E-state index is 13.1. The monoisotopic (exact) mass is 487 g/mol. The van der Waals surface area contributed by atoms with Gasteiger partial charge in [0.2, 0.25) is 17.8 Å². The number of rotatable bonds is 6. The summed E-state index contributed by atoms with van der Waals surface area (Å²) >= 11 is 12.0. The molecule has 0 saturated heterocycles. The number of anilines is 4. The number of ether oxygens (including phenoxy) is 1. The van der Waals surface area contributed by atoms with Gasteiger partial charge in [0.25, 0.3) is 5.56 Å². The van der Waals surface area contributed by atoms with Crippen LogP contribution in [0.15, 0.2) is 47.3 Å². The largest absolute Gasteiger partial charge is 0.492 e. The molecule has 0 radical (unpaired) electrons. The number of benzene rings is 2. The van der Waals surface area contributed by atoms with Crippen LogP contribution >= 0.6 is 23.2 Å². The number of nitrogens with one attached hydrogen (secondary N) is 4. The number of para-hydroxylation sites is 2. The molecule has 2 amide bonds. The van der Waals surface area contributed by atoms with E-state index in [9.17, 15) is 14.4 Å². The van der Waals surface area contributed by atoms with Crippen molar-refractivity contribution in [2.24, 2.45) is 0 Å². The Kier molecular flexibility index (Phi) is 6.52. The molecular weight excluding hydrogens is 469 g/mol. The van der Waals surface area contributed by atoms with E-state index in [1.807, 2.05) is 6.92 Å². The SMILES string of the molecule is CCOc1ccccc1NC(=O)C1CC(=O)Nc2nc(Nc3cc(Cl)cc(Cl)c3)[nH]c(=O)c21. The number of fused-ring (bicyclic) bond motifs is 1. The average molecular weight is 488 g/mol. The zero-order chi connectivity index (χ0) is 23.5. The van der Waals surface area contributed by atoms with Crippen LogP contribution in [0.25, 0.3) is 0 Å². The number of halogens is 2. The minimum absolute atomic E-state index is 0.00358. The van der Waals surface area contributed by atoms with E-state index in [2.05, 4.69) is 25.9 Å². The van der Waals surface area contributed by atoms with E-state index < -0.39 is 23.3 Å². The van der Waals surface area contributed by atoms with Crippen LogP contribution < -0.4 is 26.2 Å². The number of carbonyl (C=O) groups excluding carboxylic acids is 2. The fraction of sp³-hybridized carbons (Fsp3) is 0.182. The van der Waals surface area contributed by atoms with Crippen LogP contribution in [-0.4, -0.2) is 28.4 Å². The second-order valence-corrected chi connectivity index (χ2v) is 8.06. The lowest BCUT2D eigenvalue weighted by Gasteiger charge is -2.24. The first-order valence-corrected chi connectivity index (χ1v) is 10.8. The minimum atomic E-state index is -1.03. The number of amides is 2. The van der Waals surface area contributed by atoms with E-state index in [0.717, 1.165) is 0 Å². The third-order valence-corrected chi connectivity index (χ3v) is 5.27. The predicted octanol–water partition coefficient (Wildman–Crippen LogP) is 4.28. The normalized spacial score (nSPS) is 14.8. The molecule has 1 aliphatic rings. The molecule has 4 rings (SSSR count). The number of nitrogens with zero attached hydrogens (tertiary/aromatic N) is 1. The van der Waals surface area contributed by atoms with Gasteiger partial charge in [-0.05, 0) is 37.3 Å². The van der Waals surface area contributed by atoms with Gasteiger partial charge >= 0.3 is 0 Å². The Labute approximate surface area is 198 Å². The topological polar surface area (TPSA) is 125 Å². The Balaban J connectivity index is 1.64. The first kappa shape index (κ1) is 22.6. The third-order valence-electron chi connectivity index (χ3n) is 4.84. The molecule has 1 aromatic heterocycles. The summed E-state index contributed by atoms with van der Waals surface area (Å²) < 4.78 is 5.53. The van der Waals surface area contributed by atoms with Crippen molar-refractivity contribution in [3.8, 4) is 5.75 Å². The molecule has 1 unspecified atom stereocenters. The number of carbonyl (C=O) groups is 2. The molecule has 0 aliphatic carbocycles. The highest BCUT2D eigenvalue weighted by atomic mass is 35.5. The van der Waals surface area contributed by atoms with E-state index >= 15 is 0 Å². The van der Waals surface area contributed by atoms with Crippen LogP contribution in [0.1, 0.15) is 24.8 Å². The Morgan fingerprint density at radius 3 is 2.64 bits per heavy atom. The van der Waals surface area contributed by atoms with E-state index in [1.54, 1.807) is 42.5 Å². The summed E-state index contributed by atoms with van der Waals surface area (Å²) in [6.45, 7) is 2.24. The minimum Gasteiger partial charge on any atom is -0.492 e. The van der Waals surface area contributed by atoms with Gasteiger partial charge in [-0.25, -0.2) is 0 Å². The number of aromatic amines is 1. The zero-order valence-corrected chi connectivity index (χ0v) is 18.9. The molecule has 9 nitrogen and oxygen atoms in total. The van der Waals surface area contributed by atoms with Gasteiger partial charge in [0.15, 0.2) is 0 Å². The summed E-state index contributed by atoms with van der Waals surface area (Å²) in [7, 11) is 0. The van der Waals surface area contributed by atoms with Gasteiger partial charge in [0.1, 0.15) is 11.6 Å². The van der Waals surface area contributed by atoms with Crippen molar-refractivity contribution in [1.82, 2.24) is 9.97 Å². The number of hydrogen-bond donors (Lipinski definition) is 4. The third kappa shape index (κ3) is 5.10. The van der Waals surface area contributed by atoms with Crippen molar-refractivity contribution < 1.29 is 14.3 Å². The van der Waals surface area contributed by atoms with Crippen molar-refractivity contribution in [2.75, 3.05) is 22.6 Å². The van der Waals surface area contributed by atoms with Gasteiger partial charge in [-0.3, -0.25) is 19.4 Å². The van der Waals surface area contributed by atoms with Gasteiger partial charge in [0, 0.05) is 22.2 Å². The lowest BCUT2D eigenvalue weighted by atomic mass is 9.92. The summed E-state index contributed by atoms with van der Waals surface area (Å²) in [4.78, 5) is 45.2. The number of H-pyrrole nitrogens is 1. The van der Waals surface area contributed by atoms with E-state index in [-0.39, 0.29) is 23.8 Å². The lowest BCUT2D eigenvalue weighted by Crippen LogP contribution is -2.36. The van der Waals surface area contributed by atoms with Crippen molar-refractivity contribution in [2.45, 2.75) is 19.3 Å². The maximum Gasteiger partial charge on any atom is 0.258 e. The fourth-order valence-corrected chi connectivity index (χ4v) is 4.01. The molecule has 2 aromatic carbocycles. The van der Waals surface area contributed by atoms with Gasteiger partial charge in [0.05, 0.1) is 23.8 Å². The smallest absolute Gasteiger partial charge is 0.258 e. The Morgan fingerprint density at radius 2 is 1.91 bits per heavy atom. The molecule has 4 N–H and O–H groups in total. The van der Waals surface area contributed by atoms with Crippen molar-refractivity contribution in [3.05, 3.63) is 68.4 Å². The van der Waals surface area contributed by atoms with Crippen LogP contribution in [0, 0.1) is 0 Å². The Hall–Kier alpha value is -3.56. The van der Waals surface area contributed by atoms with Crippen LogP contribution in [0.4, 0.5) is 23.1 Å². The molecule has 0 bridgehead atoms. The highest BCUT2D eigenvalue weighted by Gasteiger charge is 2.35. The summed E-state index contributed by atoms with van der Waals surface area (Å²) in [5, 5.41) is 8.99. The second-order valence-electron chi connectivity index (χ2n) is 7.18. The van der Waals surface area contributed by atoms with Crippen LogP contribution in [0.3, 0.4) is 0 Å². The van der Waals surface area contributed by atoms with Gasteiger partial charge in [-0.2, -0.15) is 4.98 Å². The van der Waals surface area contributed by atoms with Crippen molar-refractivity contribution in [1.29, 1.82) is 0 Å². The highest BCUT2D eigenvalue weighted by Crippen LogP contribution is 2.32. The van der Waals surface area contributed by atoms with Gasteiger partial charge < -0.3 is 20.7 Å². The zero-order valence-electron chi connectivity index (χ0n) is 17.4. The molecule has 33 heavy (non-hydrogen) atoms. The molecule has 0 spiro atoms. The average Bonchev–Trinajstić information content (AvgIpc) is 2.73. The fourth-order valence-electron chi connectivity index (χ4n) is 3.49. The maximum absolute atomic E-state index is 13.1. The van der Waals surface area contributed by atoms with Crippen LogP contribution in [-0.2, 0) is 9.59 Å². The Morgan fingerprint density at radius 1 is 1.18 bits per heavy atom. The van der Waals surface area contributed by atoms with Crippen molar-refractivity contribution >= 4 is 58.2 Å². The van der Waals surface area contributed by atoms with E-state index in [4.69, 9.17) is 27.9 Å². The standard InChI is InChI=1S/C22H19Cl2N5O4/c1-2-33-16-6-4-3-5-15(16)26-20(31)14-10-17(30)27-19-18(14)21(32)29-22(28-19)25-13-8-11(23)7-12(24)9-13/h3-9,14H,2,10H2,1H3,(H,26,31)(H3,25,27,28,29,30,32). The van der Waals surface area contributed by atoms with E-state index in [0.29, 0.717) is 33.8 Å². The Bertz CT molecular complexity index is 1270. The highest BCUT2D eigenvalue weighted by molar-refractivity contribution is 6.35. The van der Waals surface area contributed by atoms with Gasteiger partial charge in [-0.1, -0.05) is 35.3 Å².